The molecule has 2 amide bonds. The van der Waals surface area contributed by atoms with Crippen molar-refractivity contribution in [3.05, 3.63) is 20.8 Å². The summed E-state index contributed by atoms with van der Waals surface area (Å²) in [6.07, 6.45) is 0.777. The van der Waals surface area contributed by atoms with E-state index < -0.39 is 5.97 Å². The Morgan fingerprint density at radius 1 is 1.32 bits per heavy atom. The topological polar surface area (TPSA) is 87.7 Å². The molecular formula is C11H15BrN2O4S. The van der Waals surface area contributed by atoms with Crippen LogP contribution >= 0.6 is 27.3 Å². The summed E-state index contributed by atoms with van der Waals surface area (Å²) in [6, 6.07) is 3.70. The van der Waals surface area contributed by atoms with Crippen molar-refractivity contribution in [1.82, 2.24) is 10.6 Å². The van der Waals surface area contributed by atoms with Gasteiger partial charge >= 0.3 is 12.0 Å². The van der Waals surface area contributed by atoms with E-state index in [4.69, 9.17) is 9.84 Å². The maximum Gasteiger partial charge on any atom is 0.329 e. The first-order valence-electron chi connectivity index (χ1n) is 5.63. The molecule has 0 aliphatic carbocycles. The summed E-state index contributed by atoms with van der Waals surface area (Å²) in [5.41, 5.74) is 0. The van der Waals surface area contributed by atoms with E-state index in [2.05, 4.69) is 26.6 Å². The number of urea groups is 1. The molecule has 8 heteroatoms. The SMILES string of the molecule is O=C(O)COCCNC(=O)NCCc1ccc(Br)s1. The van der Waals surface area contributed by atoms with Gasteiger partial charge in [-0.05, 0) is 34.5 Å². The zero-order chi connectivity index (χ0) is 14.1. The number of aliphatic carboxylic acids is 1. The Morgan fingerprint density at radius 3 is 2.68 bits per heavy atom. The molecule has 0 spiro atoms. The molecule has 0 bridgehead atoms. The summed E-state index contributed by atoms with van der Waals surface area (Å²) < 4.78 is 5.85. The van der Waals surface area contributed by atoms with Crippen LogP contribution in [0.4, 0.5) is 4.79 Å². The number of carbonyl (C=O) groups is 2. The van der Waals surface area contributed by atoms with Crippen molar-refractivity contribution in [1.29, 1.82) is 0 Å². The molecule has 0 saturated carbocycles. The first-order chi connectivity index (χ1) is 9.08. The van der Waals surface area contributed by atoms with E-state index in [0.717, 1.165) is 10.2 Å². The van der Waals surface area contributed by atoms with Gasteiger partial charge in [0.15, 0.2) is 0 Å². The molecule has 1 rings (SSSR count). The zero-order valence-corrected chi connectivity index (χ0v) is 12.6. The number of hydrogen-bond donors (Lipinski definition) is 3. The number of carboxylic acids is 1. The van der Waals surface area contributed by atoms with Gasteiger partial charge in [0.1, 0.15) is 6.61 Å². The van der Waals surface area contributed by atoms with E-state index in [9.17, 15) is 9.59 Å². The van der Waals surface area contributed by atoms with Gasteiger partial charge in [-0.2, -0.15) is 0 Å². The van der Waals surface area contributed by atoms with Gasteiger partial charge in [0, 0.05) is 18.0 Å². The second-order valence-corrected chi connectivity index (χ2v) is 6.13. The molecule has 0 fully saturated rings. The Morgan fingerprint density at radius 2 is 2.05 bits per heavy atom. The summed E-state index contributed by atoms with van der Waals surface area (Å²) in [5, 5.41) is 13.6. The smallest absolute Gasteiger partial charge is 0.329 e. The third-order valence-electron chi connectivity index (χ3n) is 2.04. The molecule has 3 N–H and O–H groups in total. The Kier molecular flexibility index (Phi) is 7.46. The number of halogens is 1. The summed E-state index contributed by atoms with van der Waals surface area (Å²) in [4.78, 5) is 22.7. The quantitative estimate of drug-likeness (QED) is 0.619. The molecule has 0 atom stereocenters. The van der Waals surface area contributed by atoms with Crippen LogP contribution in [0.25, 0.3) is 0 Å². The van der Waals surface area contributed by atoms with E-state index in [-0.39, 0.29) is 25.8 Å². The lowest BCUT2D eigenvalue weighted by Crippen LogP contribution is -2.38. The van der Waals surface area contributed by atoms with Crippen molar-refractivity contribution >= 4 is 39.3 Å². The molecule has 19 heavy (non-hydrogen) atoms. The molecule has 0 aliphatic heterocycles. The van der Waals surface area contributed by atoms with Crippen LogP contribution < -0.4 is 10.6 Å². The van der Waals surface area contributed by atoms with Crippen molar-refractivity contribution in [2.75, 3.05) is 26.3 Å². The van der Waals surface area contributed by atoms with Gasteiger partial charge in [-0.3, -0.25) is 0 Å². The molecule has 1 heterocycles. The summed E-state index contributed by atoms with van der Waals surface area (Å²) in [6.45, 7) is 0.659. The van der Waals surface area contributed by atoms with E-state index in [1.165, 1.54) is 4.88 Å². The Balaban J connectivity index is 2.00. The zero-order valence-electron chi connectivity index (χ0n) is 10.1. The number of carboxylic acid groups (broad SMARTS) is 1. The van der Waals surface area contributed by atoms with Gasteiger partial charge in [-0.1, -0.05) is 0 Å². The average molecular weight is 351 g/mol. The largest absolute Gasteiger partial charge is 0.480 e. The van der Waals surface area contributed by atoms with Gasteiger partial charge in [0.25, 0.3) is 0 Å². The third kappa shape index (κ3) is 7.81. The van der Waals surface area contributed by atoms with Crippen LogP contribution in [0, 0.1) is 0 Å². The highest BCUT2D eigenvalue weighted by molar-refractivity contribution is 9.11. The first kappa shape index (κ1) is 15.9. The molecular weight excluding hydrogens is 336 g/mol. The fourth-order valence-corrected chi connectivity index (χ4v) is 2.73. The van der Waals surface area contributed by atoms with E-state index >= 15 is 0 Å². The fraction of sp³-hybridized carbons (Fsp3) is 0.455. The van der Waals surface area contributed by atoms with Crippen molar-refractivity contribution in [2.45, 2.75) is 6.42 Å². The number of rotatable bonds is 8. The number of nitrogens with one attached hydrogen (secondary N) is 2. The number of carbonyl (C=O) groups excluding carboxylic acids is 1. The second-order valence-electron chi connectivity index (χ2n) is 3.58. The molecule has 106 valence electrons. The number of hydrogen-bond acceptors (Lipinski definition) is 4. The minimum absolute atomic E-state index is 0.178. The van der Waals surface area contributed by atoms with Crippen molar-refractivity contribution in [3.63, 3.8) is 0 Å². The van der Waals surface area contributed by atoms with Crippen LogP contribution in [0.1, 0.15) is 4.88 Å². The second kappa shape index (κ2) is 8.89. The normalized spacial score (nSPS) is 10.2. The highest BCUT2D eigenvalue weighted by Gasteiger charge is 2.01. The van der Waals surface area contributed by atoms with E-state index in [1.54, 1.807) is 11.3 Å². The summed E-state index contributed by atoms with van der Waals surface area (Å²) in [5.74, 6) is -1.02. The fourth-order valence-electron chi connectivity index (χ4n) is 1.24. The number of thiophene rings is 1. The molecule has 0 aromatic carbocycles. The van der Waals surface area contributed by atoms with Crippen molar-refractivity contribution < 1.29 is 19.4 Å². The number of amides is 2. The molecule has 1 aromatic rings. The monoisotopic (exact) mass is 350 g/mol. The minimum atomic E-state index is -1.02. The Hall–Kier alpha value is -1.12. The highest BCUT2D eigenvalue weighted by atomic mass is 79.9. The van der Waals surface area contributed by atoms with Crippen LogP contribution in [0.3, 0.4) is 0 Å². The lowest BCUT2D eigenvalue weighted by atomic mass is 10.3. The van der Waals surface area contributed by atoms with Crippen LogP contribution in [0.15, 0.2) is 15.9 Å². The van der Waals surface area contributed by atoms with E-state index in [0.29, 0.717) is 6.54 Å². The molecule has 0 radical (unpaired) electrons. The maximum absolute atomic E-state index is 11.3. The standard InChI is InChI=1S/C11H15BrN2O4S/c12-9-2-1-8(19-9)3-4-13-11(17)14-5-6-18-7-10(15)16/h1-2H,3-7H2,(H,15,16)(H2,13,14,17). The molecule has 1 aromatic heterocycles. The molecule has 0 unspecified atom stereocenters. The predicted molar refractivity (Wildman–Crippen MR) is 75.6 cm³/mol. The third-order valence-corrected chi connectivity index (χ3v) is 3.73. The Bertz CT molecular complexity index is 425. The summed E-state index contributed by atoms with van der Waals surface area (Å²) >= 11 is 5.01. The molecule has 0 saturated heterocycles. The lowest BCUT2D eigenvalue weighted by Gasteiger charge is -2.06. The van der Waals surface area contributed by atoms with Gasteiger partial charge in [0.05, 0.1) is 10.4 Å². The summed E-state index contributed by atoms with van der Waals surface area (Å²) in [7, 11) is 0. The van der Waals surface area contributed by atoms with Gasteiger partial charge in [-0.25, -0.2) is 9.59 Å². The predicted octanol–water partition coefficient (Wildman–Crippen LogP) is 1.45. The molecule has 6 nitrogen and oxygen atoms in total. The van der Waals surface area contributed by atoms with Crippen molar-refractivity contribution in [2.24, 2.45) is 0 Å². The van der Waals surface area contributed by atoms with Gasteiger partial charge in [-0.15, -0.1) is 11.3 Å². The first-order valence-corrected chi connectivity index (χ1v) is 7.24. The van der Waals surface area contributed by atoms with Crippen LogP contribution in [-0.4, -0.2) is 43.4 Å². The lowest BCUT2D eigenvalue weighted by molar-refractivity contribution is -0.142. The van der Waals surface area contributed by atoms with E-state index in [1.807, 2.05) is 12.1 Å². The number of ether oxygens (including phenoxy) is 1. The average Bonchev–Trinajstić information content (AvgIpc) is 2.74. The van der Waals surface area contributed by atoms with Gasteiger partial charge < -0.3 is 20.5 Å². The maximum atomic E-state index is 11.3. The van der Waals surface area contributed by atoms with Crippen molar-refractivity contribution in [3.8, 4) is 0 Å². The highest BCUT2D eigenvalue weighted by Crippen LogP contribution is 2.21. The Labute approximate surface area is 123 Å². The van der Waals surface area contributed by atoms with Gasteiger partial charge in [0.2, 0.25) is 0 Å². The minimum Gasteiger partial charge on any atom is -0.480 e. The molecule has 0 aliphatic rings. The van der Waals surface area contributed by atoms with Crippen LogP contribution in [-0.2, 0) is 16.0 Å². The van der Waals surface area contributed by atoms with Crippen LogP contribution in [0.5, 0.6) is 0 Å². The van der Waals surface area contributed by atoms with Crippen LogP contribution in [0.2, 0.25) is 0 Å².